The zero-order valence-corrected chi connectivity index (χ0v) is 15.6. The first-order valence-corrected chi connectivity index (χ1v) is 8.70. The molecule has 0 bridgehead atoms. The Morgan fingerprint density at radius 1 is 1.42 bits per heavy atom. The molecule has 1 N–H and O–H groups in total. The summed E-state index contributed by atoms with van der Waals surface area (Å²) in [6.45, 7) is 9.97. The van der Waals surface area contributed by atoms with E-state index in [0.717, 1.165) is 10.6 Å². The van der Waals surface area contributed by atoms with Gasteiger partial charge in [-0.1, -0.05) is 23.7 Å². The number of benzene rings is 1. The predicted octanol–water partition coefficient (Wildman–Crippen LogP) is 3.63. The van der Waals surface area contributed by atoms with Crippen LogP contribution >= 0.6 is 11.6 Å². The topological polar surface area (TPSA) is 50.8 Å². The van der Waals surface area contributed by atoms with Crippen molar-refractivity contribution in [3.63, 3.8) is 0 Å². The van der Waals surface area contributed by atoms with Gasteiger partial charge in [-0.05, 0) is 45.4 Å². The molecule has 1 aliphatic heterocycles. The van der Waals surface area contributed by atoms with Crippen LogP contribution in [0.25, 0.3) is 0 Å². The third-order valence-corrected chi connectivity index (χ3v) is 4.14. The number of carbonyl (C=O) groups excluding carboxylic acids is 1. The van der Waals surface area contributed by atoms with Crippen molar-refractivity contribution in [3.05, 3.63) is 34.9 Å². The van der Waals surface area contributed by atoms with Crippen LogP contribution < -0.4 is 5.32 Å². The maximum atomic E-state index is 12.4. The number of nitrogens with one attached hydrogen (secondary N) is 1. The lowest BCUT2D eigenvalue weighted by molar-refractivity contribution is -0.0321. The van der Waals surface area contributed by atoms with Gasteiger partial charge in [0.15, 0.2) is 0 Å². The van der Waals surface area contributed by atoms with Crippen LogP contribution in [0.3, 0.4) is 0 Å². The molecule has 1 saturated heterocycles. The minimum atomic E-state index is -0.496. The highest BCUT2D eigenvalue weighted by molar-refractivity contribution is 6.30. The summed E-state index contributed by atoms with van der Waals surface area (Å²) in [7, 11) is 0. The van der Waals surface area contributed by atoms with E-state index in [9.17, 15) is 4.79 Å². The Bertz CT molecular complexity index is 542. The highest BCUT2D eigenvalue weighted by atomic mass is 35.5. The molecule has 0 spiro atoms. The van der Waals surface area contributed by atoms with E-state index in [1.165, 1.54) is 0 Å². The van der Waals surface area contributed by atoms with Gasteiger partial charge < -0.3 is 14.8 Å². The van der Waals surface area contributed by atoms with E-state index in [2.05, 4.69) is 12.2 Å². The third kappa shape index (κ3) is 5.65. The van der Waals surface area contributed by atoms with Crippen molar-refractivity contribution in [3.8, 4) is 0 Å². The summed E-state index contributed by atoms with van der Waals surface area (Å²) in [6, 6.07) is 7.89. The van der Waals surface area contributed by atoms with Crippen LogP contribution in [0.2, 0.25) is 5.02 Å². The highest BCUT2D eigenvalue weighted by Crippen LogP contribution is 2.18. The molecular weight excluding hydrogens is 328 g/mol. The maximum Gasteiger partial charge on any atom is 0.410 e. The number of nitrogens with zero attached hydrogens (tertiary/aromatic N) is 1. The van der Waals surface area contributed by atoms with Gasteiger partial charge in [0.2, 0.25) is 0 Å². The van der Waals surface area contributed by atoms with Crippen molar-refractivity contribution >= 4 is 17.7 Å². The summed E-state index contributed by atoms with van der Waals surface area (Å²) in [5.74, 6) is 0. The molecule has 1 aromatic carbocycles. The molecule has 6 heteroatoms. The SMILES string of the molecule is CC(NCC1COCCN1C(=O)OC(C)(C)C)c1ccc(Cl)cc1. The number of morpholine rings is 1. The van der Waals surface area contributed by atoms with Gasteiger partial charge in [-0.15, -0.1) is 0 Å². The Hall–Kier alpha value is -1.30. The Labute approximate surface area is 149 Å². The van der Waals surface area contributed by atoms with Crippen LogP contribution in [0, 0.1) is 0 Å². The first-order chi connectivity index (χ1) is 11.3. The first kappa shape index (κ1) is 19.0. The number of rotatable bonds is 4. The Morgan fingerprint density at radius 3 is 2.71 bits per heavy atom. The third-order valence-electron chi connectivity index (χ3n) is 3.89. The molecule has 2 rings (SSSR count). The molecule has 1 fully saturated rings. The van der Waals surface area contributed by atoms with Gasteiger partial charge in [0, 0.05) is 24.2 Å². The average Bonchev–Trinajstić information content (AvgIpc) is 2.52. The van der Waals surface area contributed by atoms with Gasteiger partial charge in [-0.25, -0.2) is 4.79 Å². The van der Waals surface area contributed by atoms with Gasteiger partial charge in [0.25, 0.3) is 0 Å². The van der Waals surface area contributed by atoms with E-state index < -0.39 is 5.60 Å². The van der Waals surface area contributed by atoms with E-state index in [-0.39, 0.29) is 18.2 Å². The van der Waals surface area contributed by atoms with E-state index in [1.807, 2.05) is 45.0 Å². The average molecular weight is 355 g/mol. The Morgan fingerprint density at radius 2 is 2.08 bits per heavy atom. The molecule has 24 heavy (non-hydrogen) atoms. The molecule has 5 nitrogen and oxygen atoms in total. The largest absolute Gasteiger partial charge is 0.444 e. The van der Waals surface area contributed by atoms with Crippen LogP contribution in [0.15, 0.2) is 24.3 Å². The summed E-state index contributed by atoms with van der Waals surface area (Å²) >= 11 is 5.93. The maximum absolute atomic E-state index is 12.4. The summed E-state index contributed by atoms with van der Waals surface area (Å²) in [6.07, 6.45) is -0.281. The second-order valence-electron chi connectivity index (χ2n) is 7.08. The zero-order valence-electron chi connectivity index (χ0n) is 14.8. The number of amides is 1. The quantitative estimate of drug-likeness (QED) is 0.897. The van der Waals surface area contributed by atoms with Crippen molar-refractivity contribution in [2.45, 2.75) is 45.4 Å². The lowest BCUT2D eigenvalue weighted by Gasteiger charge is -2.37. The van der Waals surface area contributed by atoms with Crippen LogP contribution in [0.4, 0.5) is 4.79 Å². The molecule has 1 aliphatic rings. The van der Waals surface area contributed by atoms with Crippen LogP contribution in [-0.2, 0) is 9.47 Å². The second-order valence-corrected chi connectivity index (χ2v) is 7.52. The van der Waals surface area contributed by atoms with Gasteiger partial charge in [0.1, 0.15) is 5.60 Å². The van der Waals surface area contributed by atoms with Crippen molar-refractivity contribution in [1.29, 1.82) is 0 Å². The summed E-state index contributed by atoms with van der Waals surface area (Å²) < 4.78 is 11.0. The van der Waals surface area contributed by atoms with Crippen LogP contribution in [-0.4, -0.2) is 48.9 Å². The Kier molecular flexibility index (Phi) is 6.49. The van der Waals surface area contributed by atoms with E-state index in [0.29, 0.717) is 26.3 Å². The number of halogens is 1. The first-order valence-electron chi connectivity index (χ1n) is 8.32. The number of ether oxygens (including phenoxy) is 2. The van der Waals surface area contributed by atoms with Crippen LogP contribution in [0.1, 0.15) is 39.3 Å². The monoisotopic (exact) mass is 354 g/mol. The van der Waals surface area contributed by atoms with Gasteiger partial charge in [0.05, 0.1) is 19.3 Å². The summed E-state index contributed by atoms with van der Waals surface area (Å²) in [4.78, 5) is 14.1. The Balaban J connectivity index is 1.93. The van der Waals surface area contributed by atoms with E-state index in [1.54, 1.807) is 4.90 Å². The number of carbonyl (C=O) groups is 1. The minimum Gasteiger partial charge on any atom is -0.444 e. The fourth-order valence-corrected chi connectivity index (χ4v) is 2.69. The molecule has 2 unspecified atom stereocenters. The lowest BCUT2D eigenvalue weighted by Crippen LogP contribution is -2.54. The fourth-order valence-electron chi connectivity index (χ4n) is 2.57. The highest BCUT2D eigenvalue weighted by Gasteiger charge is 2.31. The molecule has 1 amide bonds. The molecule has 0 aliphatic carbocycles. The molecule has 2 atom stereocenters. The van der Waals surface area contributed by atoms with Crippen molar-refractivity contribution < 1.29 is 14.3 Å². The van der Waals surface area contributed by atoms with Gasteiger partial charge in [-0.2, -0.15) is 0 Å². The number of hydrogen-bond donors (Lipinski definition) is 1. The van der Waals surface area contributed by atoms with Gasteiger partial charge >= 0.3 is 6.09 Å². The molecule has 134 valence electrons. The predicted molar refractivity (Wildman–Crippen MR) is 95.4 cm³/mol. The van der Waals surface area contributed by atoms with Crippen molar-refractivity contribution in [2.24, 2.45) is 0 Å². The summed E-state index contributed by atoms with van der Waals surface area (Å²) in [5, 5.41) is 4.19. The molecule has 1 heterocycles. The van der Waals surface area contributed by atoms with Crippen molar-refractivity contribution in [2.75, 3.05) is 26.3 Å². The smallest absolute Gasteiger partial charge is 0.410 e. The lowest BCUT2D eigenvalue weighted by atomic mass is 10.1. The minimum absolute atomic E-state index is 0.0386. The van der Waals surface area contributed by atoms with Crippen molar-refractivity contribution in [1.82, 2.24) is 10.2 Å². The molecule has 0 aromatic heterocycles. The van der Waals surface area contributed by atoms with Gasteiger partial charge in [-0.3, -0.25) is 4.90 Å². The second kappa shape index (κ2) is 8.19. The van der Waals surface area contributed by atoms with Crippen LogP contribution in [0.5, 0.6) is 0 Å². The molecule has 0 saturated carbocycles. The zero-order chi connectivity index (χ0) is 17.7. The summed E-state index contributed by atoms with van der Waals surface area (Å²) in [5.41, 5.74) is 0.657. The number of hydrogen-bond acceptors (Lipinski definition) is 4. The van der Waals surface area contributed by atoms with E-state index >= 15 is 0 Å². The standard InChI is InChI=1S/C18H27ClN2O3/c1-13(14-5-7-15(19)8-6-14)20-11-16-12-23-10-9-21(16)17(22)24-18(2,3)4/h5-8,13,16,20H,9-12H2,1-4H3. The van der Waals surface area contributed by atoms with E-state index in [4.69, 9.17) is 21.1 Å². The normalized spacial score (nSPS) is 19.9. The molecule has 0 radical (unpaired) electrons. The molecular formula is C18H27ClN2O3. The molecule has 1 aromatic rings. The fraction of sp³-hybridized carbons (Fsp3) is 0.611.